The Balaban J connectivity index is 1.30. The van der Waals surface area contributed by atoms with Gasteiger partial charge in [0.2, 0.25) is 5.91 Å². The van der Waals surface area contributed by atoms with Crippen LogP contribution in [0.3, 0.4) is 0 Å². The first kappa shape index (κ1) is 15.8. The Labute approximate surface area is 153 Å². The van der Waals surface area contributed by atoms with Crippen LogP contribution >= 0.6 is 11.6 Å². The minimum absolute atomic E-state index is 0.105. The molecule has 1 N–H and O–H groups in total. The molecule has 25 heavy (non-hydrogen) atoms. The van der Waals surface area contributed by atoms with Gasteiger partial charge in [0.05, 0.1) is 5.02 Å². The summed E-state index contributed by atoms with van der Waals surface area (Å²) in [5, 5.41) is 3.75. The van der Waals surface area contributed by atoms with E-state index in [1.54, 1.807) is 0 Å². The molecule has 4 fully saturated rings. The van der Waals surface area contributed by atoms with Crippen molar-refractivity contribution in [1.29, 1.82) is 0 Å². The predicted octanol–water partition coefficient (Wildman–Crippen LogP) is 3.94. The summed E-state index contributed by atoms with van der Waals surface area (Å²) in [6.07, 6.45) is 7.32. The van der Waals surface area contributed by atoms with Crippen molar-refractivity contribution < 1.29 is 14.3 Å². The number of ether oxygens (including phenoxy) is 2. The van der Waals surface area contributed by atoms with E-state index in [1.165, 1.54) is 19.3 Å². The van der Waals surface area contributed by atoms with E-state index in [1.807, 2.05) is 12.1 Å². The number of fused-ring (bicyclic) bond motifs is 1. The van der Waals surface area contributed by atoms with Gasteiger partial charge in [-0.05, 0) is 74.0 Å². The van der Waals surface area contributed by atoms with E-state index in [9.17, 15) is 4.79 Å². The first-order chi connectivity index (χ1) is 12.1. The van der Waals surface area contributed by atoms with E-state index in [0.717, 1.165) is 42.6 Å². The van der Waals surface area contributed by atoms with E-state index in [4.69, 9.17) is 21.1 Å². The summed E-state index contributed by atoms with van der Waals surface area (Å²) >= 11 is 6.30. The maximum atomic E-state index is 13.0. The molecule has 134 valence electrons. The highest BCUT2D eigenvalue weighted by Crippen LogP contribution is 2.60. The van der Waals surface area contributed by atoms with Crippen LogP contribution in [0.4, 0.5) is 0 Å². The molecule has 6 rings (SSSR count). The van der Waals surface area contributed by atoms with Gasteiger partial charge in [-0.2, -0.15) is 0 Å². The highest BCUT2D eigenvalue weighted by Gasteiger charge is 2.54. The summed E-state index contributed by atoms with van der Waals surface area (Å²) in [6.45, 7) is 1.55. The Bertz CT molecular complexity index is 682. The number of halogens is 1. The summed E-state index contributed by atoms with van der Waals surface area (Å²) in [5.74, 6) is 3.88. The van der Waals surface area contributed by atoms with Crippen LogP contribution in [-0.2, 0) is 11.3 Å². The quantitative estimate of drug-likeness (QED) is 0.886. The molecular weight excluding hydrogens is 338 g/mol. The number of hydrogen-bond donors (Lipinski definition) is 1. The number of carbonyl (C=O) groups excluding carboxylic acids is 1. The van der Waals surface area contributed by atoms with Crippen LogP contribution in [0.15, 0.2) is 12.1 Å². The molecule has 1 aliphatic heterocycles. The van der Waals surface area contributed by atoms with Gasteiger partial charge in [-0.1, -0.05) is 11.6 Å². The largest absolute Gasteiger partial charge is 0.486 e. The molecule has 4 aliphatic carbocycles. The van der Waals surface area contributed by atoms with Crippen molar-refractivity contribution in [3.8, 4) is 11.5 Å². The molecule has 4 nitrogen and oxygen atoms in total. The van der Waals surface area contributed by atoms with Crippen LogP contribution in [-0.4, -0.2) is 19.1 Å². The van der Waals surface area contributed by atoms with Crippen molar-refractivity contribution in [3.05, 3.63) is 22.7 Å². The lowest BCUT2D eigenvalue weighted by Crippen LogP contribution is -2.53. The van der Waals surface area contributed by atoms with Gasteiger partial charge in [-0.25, -0.2) is 0 Å². The Morgan fingerprint density at radius 1 is 1.08 bits per heavy atom. The minimum Gasteiger partial charge on any atom is -0.486 e. The molecule has 5 heteroatoms. The van der Waals surface area contributed by atoms with Crippen LogP contribution in [0.25, 0.3) is 0 Å². The fourth-order valence-electron chi connectivity index (χ4n) is 6.02. The zero-order chi connectivity index (χ0) is 17.0. The molecule has 5 aliphatic rings. The molecule has 0 spiro atoms. The first-order valence-corrected chi connectivity index (χ1v) is 9.85. The van der Waals surface area contributed by atoms with Crippen molar-refractivity contribution in [2.45, 2.75) is 45.1 Å². The summed E-state index contributed by atoms with van der Waals surface area (Å²) < 4.78 is 11.2. The number of carbonyl (C=O) groups is 1. The van der Waals surface area contributed by atoms with Crippen LogP contribution in [0, 0.1) is 23.2 Å². The third-order valence-corrected chi connectivity index (χ3v) is 6.91. The van der Waals surface area contributed by atoms with Gasteiger partial charge in [0, 0.05) is 12.0 Å². The smallest absolute Gasteiger partial charge is 0.226 e. The first-order valence-electron chi connectivity index (χ1n) is 9.48. The Kier molecular flexibility index (Phi) is 3.67. The summed E-state index contributed by atoms with van der Waals surface area (Å²) in [5.41, 5.74) is 0.860. The van der Waals surface area contributed by atoms with E-state index in [-0.39, 0.29) is 11.3 Å². The number of hydrogen-bond acceptors (Lipinski definition) is 3. The van der Waals surface area contributed by atoms with Gasteiger partial charge in [-0.15, -0.1) is 0 Å². The van der Waals surface area contributed by atoms with E-state index < -0.39 is 0 Å². The SMILES string of the molecule is O=C(NCc1cc(Cl)c2c(c1)OCCO2)C12CC3CC(CC(C3)C1)C2. The topological polar surface area (TPSA) is 47.6 Å². The molecule has 0 unspecified atom stereocenters. The van der Waals surface area contributed by atoms with Crippen LogP contribution in [0.1, 0.15) is 44.1 Å². The van der Waals surface area contributed by atoms with Gasteiger partial charge < -0.3 is 14.8 Å². The summed E-state index contributed by atoms with van der Waals surface area (Å²) in [7, 11) is 0. The van der Waals surface area contributed by atoms with Crippen molar-refractivity contribution in [3.63, 3.8) is 0 Å². The van der Waals surface area contributed by atoms with Crippen molar-refractivity contribution in [2.24, 2.45) is 23.2 Å². The van der Waals surface area contributed by atoms with Crippen molar-refractivity contribution >= 4 is 17.5 Å². The molecule has 1 heterocycles. The molecule has 4 saturated carbocycles. The average molecular weight is 362 g/mol. The number of amides is 1. The fourth-order valence-corrected chi connectivity index (χ4v) is 6.31. The molecule has 0 radical (unpaired) electrons. The third-order valence-electron chi connectivity index (χ3n) is 6.63. The molecule has 0 saturated heterocycles. The maximum Gasteiger partial charge on any atom is 0.226 e. The maximum absolute atomic E-state index is 13.0. The molecule has 1 amide bonds. The third kappa shape index (κ3) is 2.69. The lowest BCUT2D eigenvalue weighted by Gasteiger charge is -2.55. The predicted molar refractivity (Wildman–Crippen MR) is 94.9 cm³/mol. The van der Waals surface area contributed by atoms with Crippen molar-refractivity contribution in [1.82, 2.24) is 5.32 Å². The second-order valence-corrected chi connectivity index (χ2v) is 8.89. The zero-order valence-electron chi connectivity index (χ0n) is 14.4. The number of benzene rings is 1. The molecule has 1 aromatic rings. The second kappa shape index (κ2) is 5.80. The van der Waals surface area contributed by atoms with Crippen LogP contribution in [0.5, 0.6) is 11.5 Å². The molecular formula is C20H24ClNO3. The zero-order valence-corrected chi connectivity index (χ0v) is 15.1. The van der Waals surface area contributed by atoms with Gasteiger partial charge >= 0.3 is 0 Å². The normalized spacial score (nSPS) is 34.8. The van der Waals surface area contributed by atoms with Gasteiger partial charge in [0.15, 0.2) is 11.5 Å². The Morgan fingerprint density at radius 3 is 2.40 bits per heavy atom. The standard InChI is InChI=1S/C20H24ClNO3/c21-16-6-15(7-17-18(16)25-2-1-24-17)11-22-19(23)20-8-12-3-13(9-20)5-14(4-12)10-20/h6-7,12-14H,1-5,8-11H2,(H,22,23). The van der Waals surface area contributed by atoms with E-state index in [0.29, 0.717) is 36.3 Å². The number of nitrogens with one attached hydrogen (secondary N) is 1. The highest BCUT2D eigenvalue weighted by molar-refractivity contribution is 6.32. The minimum atomic E-state index is -0.105. The summed E-state index contributed by atoms with van der Waals surface area (Å²) in [4.78, 5) is 13.0. The van der Waals surface area contributed by atoms with Crippen molar-refractivity contribution in [2.75, 3.05) is 13.2 Å². The second-order valence-electron chi connectivity index (χ2n) is 8.48. The average Bonchev–Trinajstić information content (AvgIpc) is 2.58. The van der Waals surface area contributed by atoms with E-state index in [2.05, 4.69) is 5.32 Å². The van der Waals surface area contributed by atoms with Gasteiger partial charge in [0.1, 0.15) is 13.2 Å². The molecule has 4 bridgehead atoms. The molecule has 0 atom stereocenters. The van der Waals surface area contributed by atoms with Crippen LogP contribution in [0.2, 0.25) is 5.02 Å². The van der Waals surface area contributed by atoms with Crippen LogP contribution < -0.4 is 14.8 Å². The lowest BCUT2D eigenvalue weighted by molar-refractivity contribution is -0.146. The Hall–Kier alpha value is -1.42. The Morgan fingerprint density at radius 2 is 1.72 bits per heavy atom. The summed E-state index contributed by atoms with van der Waals surface area (Å²) in [6, 6.07) is 3.80. The highest BCUT2D eigenvalue weighted by atomic mass is 35.5. The lowest BCUT2D eigenvalue weighted by atomic mass is 9.49. The monoisotopic (exact) mass is 361 g/mol. The van der Waals surface area contributed by atoms with Gasteiger partial charge in [0.25, 0.3) is 0 Å². The fraction of sp³-hybridized carbons (Fsp3) is 0.650. The number of rotatable bonds is 3. The molecule has 0 aromatic heterocycles. The van der Waals surface area contributed by atoms with Gasteiger partial charge in [-0.3, -0.25) is 4.79 Å². The van der Waals surface area contributed by atoms with E-state index >= 15 is 0 Å². The molecule has 1 aromatic carbocycles.